The number of amides is 3. The van der Waals surface area contributed by atoms with Crippen LogP contribution in [0.2, 0.25) is 0 Å². The zero-order valence-corrected chi connectivity index (χ0v) is 46.7. The number of fused-ring (bicyclic) bond motifs is 2. The van der Waals surface area contributed by atoms with E-state index < -0.39 is 57.7 Å². The van der Waals surface area contributed by atoms with Gasteiger partial charge in [-0.1, -0.05) is 71.2 Å². The average Bonchev–Trinajstić information content (AvgIpc) is 3.89. The molecule has 0 saturated carbocycles. The van der Waals surface area contributed by atoms with Gasteiger partial charge >= 0.3 is 7.60 Å². The van der Waals surface area contributed by atoms with Gasteiger partial charge in [0.2, 0.25) is 17.2 Å². The number of likely N-dealkylation sites (tertiary alicyclic amines) is 1. The zero-order chi connectivity index (χ0) is 53.6. The number of benzene rings is 4. The number of ketones is 1. The summed E-state index contributed by atoms with van der Waals surface area (Å²) in [5, 5.41) is 7.32. The van der Waals surface area contributed by atoms with Gasteiger partial charge in [-0.25, -0.2) is 4.58 Å². The van der Waals surface area contributed by atoms with Gasteiger partial charge in [-0.15, -0.1) is 0 Å². The number of alkyl halides is 1. The van der Waals surface area contributed by atoms with E-state index in [2.05, 4.69) is 75.9 Å². The van der Waals surface area contributed by atoms with Crippen molar-refractivity contribution < 1.29 is 50.2 Å². The lowest BCUT2D eigenvalue weighted by Crippen LogP contribution is -2.52. The quantitative estimate of drug-likeness (QED) is 0.0112. The molecule has 6 rings (SSSR count). The minimum Gasteiger partial charge on any atom is -0.456 e. The van der Waals surface area contributed by atoms with Crippen LogP contribution >= 0.6 is 23.5 Å². The number of nitrogens with zero attached hydrogens (tertiary/aromatic N) is 3. The highest BCUT2D eigenvalue weighted by Crippen LogP contribution is 2.64. The van der Waals surface area contributed by atoms with Gasteiger partial charge in [-0.3, -0.25) is 28.3 Å². The van der Waals surface area contributed by atoms with Crippen LogP contribution in [-0.2, 0) is 44.7 Å². The standard InChI is InChI=1S/C55H71BrN5O11PS/c1-7-59(8-2)40-29-31-44-49(34-40)72-50-35-41(60(9-3)10-4)30-32-45(50)52(44)42-20-17-18-21-43(42)55(65)61-33-19-22-47(61)54(64)58-46(37-74(67,68)69)48(62)23-15-13-14-16-24-51(63)57-36-38-25-27-39(28-26-38)53(56)73(66,70-11-5)71-12-6/h17-18,20-21,25-32,34-35,46-47,53H,7-16,19,22-24,33,36-37H2,1-6H3,(H2-,57,58,63,64,67,68,69)/p+1. The summed E-state index contributed by atoms with van der Waals surface area (Å²) in [6, 6.07) is 24.3. The molecule has 0 spiro atoms. The molecule has 3 aromatic rings. The maximum absolute atomic E-state index is 14.8. The molecule has 74 heavy (non-hydrogen) atoms. The molecule has 19 heteroatoms. The van der Waals surface area contributed by atoms with Crippen LogP contribution in [-0.4, -0.2) is 105 Å². The van der Waals surface area contributed by atoms with E-state index in [0.717, 1.165) is 64.9 Å². The summed E-state index contributed by atoms with van der Waals surface area (Å²) in [6.45, 7) is 16.2. The lowest BCUT2D eigenvalue weighted by Gasteiger charge is -2.27. The normalized spacial score (nSPS) is 14.8. The lowest BCUT2D eigenvalue weighted by atomic mass is 9.90. The Balaban J connectivity index is 1.09. The summed E-state index contributed by atoms with van der Waals surface area (Å²) in [5.74, 6) is -2.13. The van der Waals surface area contributed by atoms with Gasteiger partial charge in [-0.2, -0.15) is 8.42 Å². The number of unbranched alkanes of at least 4 members (excludes halogenated alkanes) is 3. The SMILES string of the molecule is CCOP(=O)(OCC)C(Br)c1ccc(CNC(=O)CCCCCCC(=O)C(CS(=O)(=O)O)NC(=O)C2CCCN2C(=O)c2ccccc2-c2c3ccc(=[N+](CC)CC)cc-3oc3cc(N(CC)CC)ccc23)cc1. The molecule has 3 N–H and O–H groups in total. The first-order valence-electron chi connectivity index (χ1n) is 25.9. The van der Waals surface area contributed by atoms with Crippen LogP contribution in [0.1, 0.15) is 119 Å². The maximum Gasteiger partial charge on any atom is 0.348 e. The van der Waals surface area contributed by atoms with Crippen LogP contribution in [0.15, 0.2) is 89.3 Å². The number of hydrogen-bond donors (Lipinski definition) is 3. The number of carbonyl (C=O) groups is 4. The number of Topliss-reactive ketones (excluding diaryl/α,β-unsaturated/α-hetero) is 1. The molecular weight excluding hydrogens is 1050 g/mol. The van der Waals surface area contributed by atoms with Crippen LogP contribution in [0.3, 0.4) is 0 Å². The van der Waals surface area contributed by atoms with E-state index in [9.17, 15) is 36.7 Å². The second kappa shape index (κ2) is 27.0. The molecule has 3 atom stereocenters. The van der Waals surface area contributed by atoms with Gasteiger partial charge in [0.05, 0.1) is 19.3 Å². The second-order valence-corrected chi connectivity index (χ2v) is 23.5. The van der Waals surface area contributed by atoms with Gasteiger partial charge < -0.3 is 33.9 Å². The van der Waals surface area contributed by atoms with Crippen LogP contribution in [0.4, 0.5) is 5.69 Å². The first-order valence-corrected chi connectivity index (χ1v) is 30.0. The molecule has 3 aliphatic rings. The monoisotopic (exact) mass is 1120 g/mol. The van der Waals surface area contributed by atoms with Crippen molar-refractivity contribution in [3.05, 3.63) is 107 Å². The van der Waals surface area contributed by atoms with E-state index in [1.54, 1.807) is 38.1 Å². The molecule has 1 aliphatic carbocycles. The van der Waals surface area contributed by atoms with Crippen molar-refractivity contribution in [1.29, 1.82) is 0 Å². The van der Waals surface area contributed by atoms with E-state index in [0.29, 0.717) is 61.1 Å². The van der Waals surface area contributed by atoms with Gasteiger partial charge in [0.25, 0.3) is 16.0 Å². The highest BCUT2D eigenvalue weighted by atomic mass is 79.9. The van der Waals surface area contributed by atoms with Crippen molar-refractivity contribution in [1.82, 2.24) is 20.1 Å². The molecule has 16 nitrogen and oxygen atoms in total. The summed E-state index contributed by atoms with van der Waals surface area (Å²) in [7, 11) is -8.10. The molecule has 3 unspecified atom stereocenters. The van der Waals surface area contributed by atoms with Gasteiger partial charge in [-0.05, 0) is 108 Å². The number of carbonyl (C=O) groups excluding carboxylic acids is 4. The van der Waals surface area contributed by atoms with E-state index in [-0.39, 0.29) is 44.9 Å². The van der Waals surface area contributed by atoms with Gasteiger partial charge in [0.15, 0.2) is 5.78 Å². The smallest absolute Gasteiger partial charge is 0.348 e. The molecule has 400 valence electrons. The van der Waals surface area contributed by atoms with E-state index >= 15 is 0 Å². The van der Waals surface area contributed by atoms with Crippen LogP contribution < -0.4 is 25.5 Å². The second-order valence-electron chi connectivity index (χ2n) is 18.3. The largest absolute Gasteiger partial charge is 0.456 e. The van der Waals surface area contributed by atoms with Crippen molar-refractivity contribution in [2.24, 2.45) is 0 Å². The lowest BCUT2D eigenvalue weighted by molar-refractivity contribution is -0.129. The topological polar surface area (TPSA) is 205 Å². The Hall–Kier alpha value is -5.23. The minimum atomic E-state index is -4.69. The Morgan fingerprint density at radius 2 is 1.54 bits per heavy atom. The number of rotatable bonds is 27. The van der Waals surface area contributed by atoms with E-state index in [1.165, 1.54) is 4.90 Å². The molecule has 2 aliphatic heterocycles. The Morgan fingerprint density at radius 1 is 0.865 bits per heavy atom. The Labute approximate surface area is 444 Å². The zero-order valence-electron chi connectivity index (χ0n) is 43.4. The Kier molecular flexibility index (Phi) is 21.2. The van der Waals surface area contributed by atoms with Crippen LogP contribution in [0.5, 0.6) is 0 Å². The number of nitrogens with one attached hydrogen (secondary N) is 2. The highest BCUT2D eigenvalue weighted by Gasteiger charge is 2.38. The average molecular weight is 1120 g/mol. The number of anilines is 1. The van der Waals surface area contributed by atoms with Gasteiger partial charge in [0, 0.05) is 78.9 Å². The molecule has 0 bridgehead atoms. The molecule has 1 fully saturated rings. The number of halogens is 1. The summed E-state index contributed by atoms with van der Waals surface area (Å²) in [5.41, 5.74) is 5.88. The van der Waals surface area contributed by atoms with Crippen LogP contribution in [0, 0.1) is 0 Å². The van der Waals surface area contributed by atoms with E-state index in [4.69, 9.17) is 13.5 Å². The fourth-order valence-corrected chi connectivity index (χ4v) is 13.0. The molecular formula is C55H72BrN5O11PS+. The van der Waals surface area contributed by atoms with Crippen molar-refractivity contribution in [3.8, 4) is 22.5 Å². The summed E-state index contributed by atoms with van der Waals surface area (Å²) in [4.78, 5) is 58.9. The third kappa shape index (κ3) is 14.6. The van der Waals surface area contributed by atoms with Crippen molar-refractivity contribution in [2.45, 2.75) is 116 Å². The molecule has 0 aromatic heterocycles. The molecule has 0 radical (unpaired) electrons. The fourth-order valence-electron chi connectivity index (χ4n) is 9.65. The maximum atomic E-state index is 14.8. The van der Waals surface area contributed by atoms with Crippen molar-refractivity contribution in [3.63, 3.8) is 0 Å². The van der Waals surface area contributed by atoms with Gasteiger partial charge in [0.1, 0.15) is 46.8 Å². The molecule has 3 amide bonds. The number of hydrogen-bond acceptors (Lipinski definition) is 11. The van der Waals surface area contributed by atoms with Crippen molar-refractivity contribution in [2.75, 3.05) is 56.6 Å². The summed E-state index contributed by atoms with van der Waals surface area (Å²) in [6.07, 6.45) is 3.08. The molecule has 2 heterocycles. The summed E-state index contributed by atoms with van der Waals surface area (Å²) < 4.78 is 66.6. The Bertz CT molecular complexity index is 2950. The fraction of sp³-hybridized carbons (Fsp3) is 0.473. The molecule has 3 aromatic carbocycles. The predicted octanol–water partition coefficient (Wildman–Crippen LogP) is 9.73. The Morgan fingerprint density at radius 3 is 2.19 bits per heavy atom. The van der Waals surface area contributed by atoms with E-state index in [1.807, 2.05) is 48.5 Å². The van der Waals surface area contributed by atoms with Crippen molar-refractivity contribution >= 4 is 73.8 Å². The van der Waals surface area contributed by atoms with Crippen LogP contribution in [0.25, 0.3) is 33.4 Å². The highest BCUT2D eigenvalue weighted by molar-refractivity contribution is 9.10. The third-order valence-corrected chi connectivity index (χ3v) is 18.4. The first-order chi connectivity index (χ1) is 35.5. The third-order valence-electron chi connectivity index (χ3n) is 13.5. The molecule has 1 saturated heterocycles. The predicted molar refractivity (Wildman–Crippen MR) is 294 cm³/mol. The minimum absolute atomic E-state index is 0.0682. The summed E-state index contributed by atoms with van der Waals surface area (Å²) >= 11 is 3.47. The first kappa shape index (κ1) is 58.0.